The fourth-order valence-corrected chi connectivity index (χ4v) is 2.50. The molecule has 0 saturated carbocycles. The Labute approximate surface area is 108 Å². The lowest BCUT2D eigenvalue weighted by atomic mass is 10.1. The summed E-state index contributed by atoms with van der Waals surface area (Å²) in [6.45, 7) is 4.19. The summed E-state index contributed by atoms with van der Waals surface area (Å²) in [4.78, 5) is 14.2. The zero-order valence-corrected chi connectivity index (χ0v) is 10.8. The molecule has 1 aliphatic heterocycles. The van der Waals surface area contributed by atoms with E-state index in [1.54, 1.807) is 0 Å². The number of likely N-dealkylation sites (N-methyl/N-ethyl adjacent to an activating group) is 1. The molecule has 4 nitrogen and oxygen atoms in total. The highest BCUT2D eigenvalue weighted by Crippen LogP contribution is 2.19. The van der Waals surface area contributed by atoms with Gasteiger partial charge in [0.25, 0.3) is 0 Å². The van der Waals surface area contributed by atoms with E-state index in [1.165, 1.54) is 5.56 Å². The average molecular weight is 247 g/mol. The number of nitrogens with zero attached hydrogens (tertiary/aromatic N) is 1. The molecule has 1 aliphatic rings. The van der Waals surface area contributed by atoms with Gasteiger partial charge in [-0.2, -0.15) is 0 Å². The number of hydrogen-bond donors (Lipinski definition) is 2. The van der Waals surface area contributed by atoms with Crippen LogP contribution in [0.25, 0.3) is 0 Å². The molecule has 0 aromatic heterocycles. The van der Waals surface area contributed by atoms with E-state index in [0.717, 1.165) is 19.5 Å². The van der Waals surface area contributed by atoms with Crippen LogP contribution in [0.3, 0.4) is 0 Å². The van der Waals surface area contributed by atoms with Gasteiger partial charge in [-0.1, -0.05) is 30.3 Å². The van der Waals surface area contributed by atoms with E-state index in [0.29, 0.717) is 6.54 Å². The van der Waals surface area contributed by atoms with Crippen LogP contribution in [0.4, 0.5) is 0 Å². The molecule has 0 unspecified atom stereocenters. The topological polar surface area (TPSA) is 58.4 Å². The molecular weight excluding hydrogens is 226 g/mol. The van der Waals surface area contributed by atoms with Crippen LogP contribution in [0.5, 0.6) is 0 Å². The number of rotatable bonds is 4. The summed E-state index contributed by atoms with van der Waals surface area (Å²) < 4.78 is 0. The third kappa shape index (κ3) is 3.09. The average Bonchev–Trinajstić information content (AvgIpc) is 2.72. The Kier molecular flexibility index (Phi) is 4.33. The molecule has 4 heteroatoms. The Morgan fingerprint density at radius 2 is 2.17 bits per heavy atom. The van der Waals surface area contributed by atoms with Gasteiger partial charge >= 0.3 is 0 Å². The molecule has 1 saturated heterocycles. The van der Waals surface area contributed by atoms with Crippen LogP contribution in [-0.2, 0) is 11.3 Å². The zero-order chi connectivity index (χ0) is 13.0. The quantitative estimate of drug-likeness (QED) is 0.824. The molecule has 1 heterocycles. The van der Waals surface area contributed by atoms with E-state index >= 15 is 0 Å². The van der Waals surface area contributed by atoms with E-state index in [-0.39, 0.29) is 18.0 Å². The summed E-state index contributed by atoms with van der Waals surface area (Å²) >= 11 is 0. The fourth-order valence-electron chi connectivity index (χ4n) is 2.50. The second-order valence-corrected chi connectivity index (χ2v) is 4.82. The van der Waals surface area contributed by atoms with Crippen LogP contribution < -0.4 is 11.1 Å². The van der Waals surface area contributed by atoms with Crippen molar-refractivity contribution in [1.29, 1.82) is 0 Å². The first-order valence-electron chi connectivity index (χ1n) is 6.52. The molecule has 0 spiro atoms. The van der Waals surface area contributed by atoms with E-state index in [1.807, 2.05) is 25.1 Å². The summed E-state index contributed by atoms with van der Waals surface area (Å²) in [6, 6.07) is 10.2. The minimum absolute atomic E-state index is 0.0832. The van der Waals surface area contributed by atoms with Gasteiger partial charge in [-0.05, 0) is 18.9 Å². The Hall–Kier alpha value is -1.39. The summed E-state index contributed by atoms with van der Waals surface area (Å²) in [5.41, 5.74) is 7.20. The van der Waals surface area contributed by atoms with E-state index in [2.05, 4.69) is 22.3 Å². The van der Waals surface area contributed by atoms with E-state index < -0.39 is 0 Å². The van der Waals surface area contributed by atoms with Crippen LogP contribution in [0.15, 0.2) is 30.3 Å². The Morgan fingerprint density at radius 1 is 1.44 bits per heavy atom. The van der Waals surface area contributed by atoms with Crippen molar-refractivity contribution < 1.29 is 4.79 Å². The molecule has 2 rings (SSSR count). The lowest BCUT2D eigenvalue weighted by Crippen LogP contribution is -2.42. The predicted octanol–water partition coefficient (Wildman–Crippen LogP) is 0.724. The third-order valence-electron chi connectivity index (χ3n) is 3.32. The monoisotopic (exact) mass is 247 g/mol. The first kappa shape index (κ1) is 13.1. The SMILES string of the molecule is CCNC(=O)[C@@H]1C[C@H](N)CN1Cc1ccccc1. The number of hydrogen-bond acceptors (Lipinski definition) is 3. The molecule has 0 bridgehead atoms. The maximum atomic E-state index is 12.0. The van der Waals surface area contributed by atoms with Crippen LogP contribution >= 0.6 is 0 Å². The summed E-state index contributed by atoms with van der Waals surface area (Å²) in [5, 5.41) is 2.89. The molecule has 0 aliphatic carbocycles. The number of likely N-dealkylation sites (tertiary alicyclic amines) is 1. The van der Waals surface area contributed by atoms with E-state index in [4.69, 9.17) is 5.73 Å². The lowest BCUT2D eigenvalue weighted by Gasteiger charge is -2.23. The normalized spacial score (nSPS) is 24.1. The smallest absolute Gasteiger partial charge is 0.237 e. The molecule has 1 amide bonds. The highest BCUT2D eigenvalue weighted by Gasteiger charge is 2.34. The van der Waals surface area contributed by atoms with Crippen molar-refractivity contribution in [2.75, 3.05) is 13.1 Å². The van der Waals surface area contributed by atoms with Crippen molar-refractivity contribution in [3.05, 3.63) is 35.9 Å². The van der Waals surface area contributed by atoms with Crippen LogP contribution in [0.1, 0.15) is 18.9 Å². The number of benzene rings is 1. The van der Waals surface area contributed by atoms with Gasteiger partial charge < -0.3 is 11.1 Å². The minimum atomic E-state index is -0.0832. The standard InChI is InChI=1S/C14H21N3O/c1-2-16-14(18)13-8-12(15)10-17(13)9-11-6-4-3-5-7-11/h3-7,12-13H,2,8-10,15H2,1H3,(H,16,18)/t12-,13-/m0/s1. The summed E-state index contributed by atoms with van der Waals surface area (Å²) in [5.74, 6) is 0.0985. The van der Waals surface area contributed by atoms with Gasteiger partial charge in [-0.15, -0.1) is 0 Å². The minimum Gasteiger partial charge on any atom is -0.355 e. The van der Waals surface area contributed by atoms with E-state index in [9.17, 15) is 4.79 Å². The van der Waals surface area contributed by atoms with Crippen LogP contribution in [0.2, 0.25) is 0 Å². The van der Waals surface area contributed by atoms with Gasteiger partial charge in [0, 0.05) is 25.7 Å². The first-order chi connectivity index (χ1) is 8.70. The van der Waals surface area contributed by atoms with Gasteiger partial charge in [0.2, 0.25) is 5.91 Å². The summed E-state index contributed by atoms with van der Waals surface area (Å²) in [7, 11) is 0. The largest absolute Gasteiger partial charge is 0.355 e. The van der Waals surface area contributed by atoms with Crippen molar-refractivity contribution in [2.45, 2.75) is 32.0 Å². The third-order valence-corrected chi connectivity index (χ3v) is 3.32. The van der Waals surface area contributed by atoms with Gasteiger partial charge in [0.15, 0.2) is 0 Å². The summed E-state index contributed by atoms with van der Waals surface area (Å²) in [6.07, 6.45) is 0.749. The van der Waals surface area contributed by atoms with Crippen molar-refractivity contribution >= 4 is 5.91 Å². The number of amides is 1. The molecule has 2 atom stereocenters. The second-order valence-electron chi connectivity index (χ2n) is 4.82. The van der Waals surface area contributed by atoms with Crippen molar-refractivity contribution in [3.8, 4) is 0 Å². The Balaban J connectivity index is 2.03. The zero-order valence-electron chi connectivity index (χ0n) is 10.8. The highest BCUT2D eigenvalue weighted by atomic mass is 16.2. The van der Waals surface area contributed by atoms with Crippen molar-refractivity contribution in [3.63, 3.8) is 0 Å². The Morgan fingerprint density at radius 3 is 2.83 bits per heavy atom. The maximum Gasteiger partial charge on any atom is 0.237 e. The number of nitrogens with two attached hydrogens (primary N) is 1. The predicted molar refractivity (Wildman–Crippen MR) is 71.9 cm³/mol. The van der Waals surface area contributed by atoms with Gasteiger partial charge in [0.05, 0.1) is 6.04 Å². The van der Waals surface area contributed by atoms with Gasteiger partial charge in [-0.25, -0.2) is 0 Å². The first-order valence-corrected chi connectivity index (χ1v) is 6.52. The van der Waals surface area contributed by atoms with Crippen molar-refractivity contribution in [2.24, 2.45) is 5.73 Å². The molecule has 1 aromatic carbocycles. The molecule has 3 N–H and O–H groups in total. The molecule has 1 aromatic rings. The fraction of sp³-hybridized carbons (Fsp3) is 0.500. The van der Waals surface area contributed by atoms with Crippen LogP contribution in [0, 0.1) is 0 Å². The highest BCUT2D eigenvalue weighted by molar-refractivity contribution is 5.82. The van der Waals surface area contributed by atoms with Crippen LogP contribution in [-0.4, -0.2) is 36.0 Å². The lowest BCUT2D eigenvalue weighted by molar-refractivity contribution is -0.125. The molecule has 98 valence electrons. The number of nitrogens with one attached hydrogen (secondary N) is 1. The molecule has 0 radical (unpaired) electrons. The number of carbonyl (C=O) groups excluding carboxylic acids is 1. The Bertz CT molecular complexity index is 393. The number of carbonyl (C=O) groups is 1. The van der Waals surface area contributed by atoms with Crippen molar-refractivity contribution in [1.82, 2.24) is 10.2 Å². The molecule has 18 heavy (non-hydrogen) atoms. The van der Waals surface area contributed by atoms with Gasteiger partial charge in [0.1, 0.15) is 0 Å². The maximum absolute atomic E-state index is 12.0. The molecule has 1 fully saturated rings. The molecular formula is C14H21N3O. The second kappa shape index (κ2) is 5.98. The van der Waals surface area contributed by atoms with Gasteiger partial charge in [-0.3, -0.25) is 9.69 Å².